The van der Waals surface area contributed by atoms with Gasteiger partial charge in [0.1, 0.15) is 5.00 Å². The van der Waals surface area contributed by atoms with Gasteiger partial charge in [-0.05, 0) is 93.4 Å². The van der Waals surface area contributed by atoms with E-state index in [-0.39, 0.29) is 18.0 Å². The van der Waals surface area contributed by atoms with Crippen molar-refractivity contribution in [3.63, 3.8) is 0 Å². The Bertz CT molecular complexity index is 869. The van der Waals surface area contributed by atoms with Crippen LogP contribution in [0.1, 0.15) is 79.1 Å². The van der Waals surface area contributed by atoms with Crippen LogP contribution in [0.5, 0.6) is 0 Å². The summed E-state index contributed by atoms with van der Waals surface area (Å²) < 4.78 is 10.6. The van der Waals surface area contributed by atoms with Crippen molar-refractivity contribution < 1.29 is 23.9 Å². The molecule has 1 N–H and O–H groups in total. The van der Waals surface area contributed by atoms with Crippen LogP contribution in [-0.4, -0.2) is 31.1 Å². The van der Waals surface area contributed by atoms with E-state index in [0.717, 1.165) is 66.7 Å². The maximum absolute atomic E-state index is 12.6. The van der Waals surface area contributed by atoms with Crippen molar-refractivity contribution in [1.82, 2.24) is 0 Å². The van der Waals surface area contributed by atoms with Gasteiger partial charge in [0.25, 0.3) is 5.91 Å². The SMILES string of the molecule is CCOC(=O)c1c(NC(=O)COC(=O)CC23CC4CC(CC(C4)C2)C3)sc2c1CCC2. The standard InChI is InChI=1S/C24H31NO5S/c1-2-29-23(28)21-17-4-3-5-18(17)31-22(21)25-19(26)13-30-20(27)12-24-9-14-6-15(10-24)8-16(7-14)11-24/h14-16H,2-13H2,1H3,(H,25,26). The molecule has 4 fully saturated rings. The van der Waals surface area contributed by atoms with E-state index in [9.17, 15) is 14.4 Å². The van der Waals surface area contributed by atoms with Crippen LogP contribution in [-0.2, 0) is 31.9 Å². The summed E-state index contributed by atoms with van der Waals surface area (Å²) in [5.74, 6) is 1.29. The highest BCUT2D eigenvalue weighted by molar-refractivity contribution is 7.17. The predicted molar refractivity (Wildman–Crippen MR) is 117 cm³/mol. The van der Waals surface area contributed by atoms with Crippen molar-refractivity contribution >= 4 is 34.2 Å². The Kier molecular flexibility index (Phi) is 5.57. The van der Waals surface area contributed by atoms with Gasteiger partial charge in [-0.3, -0.25) is 9.59 Å². The lowest BCUT2D eigenvalue weighted by atomic mass is 9.49. The fourth-order valence-electron chi connectivity index (χ4n) is 7.08. The van der Waals surface area contributed by atoms with Crippen LogP contribution in [0.3, 0.4) is 0 Å². The molecule has 5 aliphatic carbocycles. The van der Waals surface area contributed by atoms with E-state index in [1.54, 1.807) is 6.92 Å². The van der Waals surface area contributed by atoms with Crippen molar-refractivity contribution in [2.24, 2.45) is 23.2 Å². The second-order valence-electron chi connectivity index (χ2n) is 10.1. The fourth-order valence-corrected chi connectivity index (χ4v) is 8.38. The number of aryl methyl sites for hydroxylation is 1. The average molecular weight is 446 g/mol. The molecular formula is C24H31NO5S. The van der Waals surface area contributed by atoms with Gasteiger partial charge in [0, 0.05) is 4.88 Å². The zero-order valence-electron chi connectivity index (χ0n) is 18.2. The molecule has 0 atom stereocenters. The van der Waals surface area contributed by atoms with Crippen LogP contribution in [0.15, 0.2) is 0 Å². The number of rotatable bonds is 7. The zero-order chi connectivity index (χ0) is 21.6. The van der Waals surface area contributed by atoms with Crippen molar-refractivity contribution in [3.8, 4) is 0 Å². The number of thiophene rings is 1. The van der Waals surface area contributed by atoms with Crippen molar-refractivity contribution in [1.29, 1.82) is 0 Å². The number of hydrogen-bond acceptors (Lipinski definition) is 6. The van der Waals surface area contributed by atoms with E-state index >= 15 is 0 Å². The number of carbonyl (C=O) groups is 3. The van der Waals surface area contributed by atoms with Gasteiger partial charge in [-0.25, -0.2) is 4.79 Å². The first kappa shape index (κ1) is 21.0. The molecule has 1 amide bonds. The molecule has 0 saturated heterocycles. The maximum Gasteiger partial charge on any atom is 0.341 e. The first-order chi connectivity index (χ1) is 14.9. The summed E-state index contributed by atoms with van der Waals surface area (Å²) >= 11 is 1.44. The van der Waals surface area contributed by atoms with E-state index in [0.29, 0.717) is 23.6 Å². The largest absolute Gasteiger partial charge is 0.462 e. The molecule has 7 heteroatoms. The fraction of sp³-hybridized carbons (Fsp3) is 0.708. The number of ether oxygens (including phenoxy) is 2. The number of amides is 1. The minimum atomic E-state index is -0.399. The molecule has 0 unspecified atom stereocenters. The van der Waals surface area contributed by atoms with Gasteiger partial charge >= 0.3 is 11.9 Å². The molecule has 1 aromatic rings. The molecule has 4 saturated carbocycles. The Balaban J connectivity index is 1.17. The number of anilines is 1. The number of carbonyl (C=O) groups excluding carboxylic acids is 3. The van der Waals surface area contributed by atoms with E-state index < -0.39 is 11.9 Å². The van der Waals surface area contributed by atoms with Gasteiger partial charge < -0.3 is 14.8 Å². The lowest BCUT2D eigenvalue weighted by Gasteiger charge is -2.56. The third kappa shape index (κ3) is 4.13. The minimum absolute atomic E-state index is 0.105. The molecule has 0 radical (unpaired) electrons. The van der Waals surface area contributed by atoms with Gasteiger partial charge in [-0.1, -0.05) is 0 Å². The molecule has 4 bridgehead atoms. The van der Waals surface area contributed by atoms with Crippen LogP contribution in [0.2, 0.25) is 0 Å². The smallest absolute Gasteiger partial charge is 0.341 e. The van der Waals surface area contributed by atoms with Crippen LogP contribution in [0, 0.1) is 23.2 Å². The van der Waals surface area contributed by atoms with E-state index in [2.05, 4.69) is 5.32 Å². The van der Waals surface area contributed by atoms with E-state index in [1.807, 2.05) is 0 Å². The predicted octanol–water partition coefficient (Wildman–Crippen LogP) is 4.50. The van der Waals surface area contributed by atoms with E-state index in [1.165, 1.54) is 30.6 Å². The number of nitrogens with one attached hydrogen (secondary N) is 1. The highest BCUT2D eigenvalue weighted by Crippen LogP contribution is 2.61. The lowest BCUT2D eigenvalue weighted by Crippen LogP contribution is -2.47. The molecule has 0 aromatic carbocycles. The lowest BCUT2D eigenvalue weighted by molar-refractivity contribution is -0.154. The average Bonchev–Trinajstić information content (AvgIpc) is 3.25. The topological polar surface area (TPSA) is 81.7 Å². The minimum Gasteiger partial charge on any atom is -0.462 e. The first-order valence-corrected chi connectivity index (χ1v) is 12.5. The molecule has 0 spiro atoms. The molecule has 6 nitrogen and oxygen atoms in total. The van der Waals surface area contributed by atoms with Crippen molar-refractivity contribution in [2.75, 3.05) is 18.5 Å². The Morgan fingerprint density at radius 1 is 1.03 bits per heavy atom. The van der Waals surface area contributed by atoms with Gasteiger partial charge in [0.05, 0.1) is 18.6 Å². The van der Waals surface area contributed by atoms with Crippen LogP contribution < -0.4 is 5.32 Å². The summed E-state index contributed by atoms with van der Waals surface area (Å²) in [5.41, 5.74) is 1.58. The van der Waals surface area contributed by atoms with Crippen molar-refractivity contribution in [3.05, 3.63) is 16.0 Å². The first-order valence-electron chi connectivity index (χ1n) is 11.7. The van der Waals surface area contributed by atoms with Gasteiger partial charge in [0.15, 0.2) is 6.61 Å². The zero-order valence-corrected chi connectivity index (χ0v) is 19.0. The third-order valence-electron chi connectivity index (χ3n) is 7.70. The number of esters is 2. The van der Waals surface area contributed by atoms with Crippen LogP contribution >= 0.6 is 11.3 Å². The monoisotopic (exact) mass is 445 g/mol. The third-order valence-corrected chi connectivity index (χ3v) is 8.91. The summed E-state index contributed by atoms with van der Waals surface area (Å²) in [6.07, 6.45) is 10.6. The molecular weight excluding hydrogens is 414 g/mol. The second-order valence-corrected chi connectivity index (χ2v) is 11.2. The molecule has 31 heavy (non-hydrogen) atoms. The molecule has 1 heterocycles. The van der Waals surface area contributed by atoms with Crippen LogP contribution in [0.25, 0.3) is 0 Å². The molecule has 6 rings (SSSR count). The molecule has 5 aliphatic rings. The Hall–Kier alpha value is -1.89. The quantitative estimate of drug-likeness (QED) is 0.625. The summed E-state index contributed by atoms with van der Waals surface area (Å²) in [4.78, 5) is 38.7. The van der Waals surface area contributed by atoms with Gasteiger partial charge in [0.2, 0.25) is 0 Å². The Morgan fingerprint density at radius 3 is 2.35 bits per heavy atom. The Labute approximate surface area is 187 Å². The highest BCUT2D eigenvalue weighted by Gasteiger charge is 2.51. The molecule has 0 aliphatic heterocycles. The Morgan fingerprint density at radius 2 is 1.71 bits per heavy atom. The normalized spacial score (nSPS) is 30.2. The molecule has 168 valence electrons. The number of fused-ring (bicyclic) bond motifs is 1. The summed E-state index contributed by atoms with van der Waals surface area (Å²) in [5, 5.41) is 3.31. The van der Waals surface area contributed by atoms with E-state index in [4.69, 9.17) is 9.47 Å². The summed E-state index contributed by atoms with van der Waals surface area (Å²) in [7, 11) is 0. The number of hydrogen-bond donors (Lipinski definition) is 1. The van der Waals surface area contributed by atoms with Crippen molar-refractivity contribution in [2.45, 2.75) is 71.1 Å². The van der Waals surface area contributed by atoms with Crippen LogP contribution in [0.4, 0.5) is 5.00 Å². The highest BCUT2D eigenvalue weighted by atomic mass is 32.1. The van der Waals surface area contributed by atoms with Gasteiger partial charge in [-0.2, -0.15) is 0 Å². The summed E-state index contributed by atoms with van der Waals surface area (Å²) in [6, 6.07) is 0. The summed E-state index contributed by atoms with van der Waals surface area (Å²) in [6.45, 7) is 1.75. The second kappa shape index (κ2) is 8.23. The van der Waals surface area contributed by atoms with Gasteiger partial charge in [-0.15, -0.1) is 11.3 Å². The molecule has 1 aromatic heterocycles. The maximum atomic E-state index is 12.6.